The topological polar surface area (TPSA) is 156 Å². The van der Waals surface area contributed by atoms with Crippen LogP contribution in [0, 0.1) is 0 Å². The number of thiophene rings is 1. The van der Waals surface area contributed by atoms with Gasteiger partial charge in [0.1, 0.15) is 17.4 Å². The average Bonchev–Trinajstić information content (AvgIpc) is 3.58. The third-order valence-electron chi connectivity index (χ3n) is 9.26. The van der Waals surface area contributed by atoms with Gasteiger partial charge in [0.2, 0.25) is 0 Å². The Labute approximate surface area is 326 Å². The minimum Gasteiger partial charge on any atom is -0.491 e. The standard InChI is InChI=1S/C42H51N3O9S/c1-51-42(50)32-15-11-30(12-16-32)9-10-31-13-17-34(18-14-31)43-40(49)38-36-7-2-3-8-37(36)55-41(38)44-39(48)33-5-4-6-35(29-33)54-28-27-53-26-25-52-24-21-45(19-22-46)20-23-47/h4-6,11-18,29,46-47H,2-3,7-10,19-28H2,1H3,(H,43,49)(H,44,48). The van der Waals surface area contributed by atoms with E-state index >= 15 is 0 Å². The van der Waals surface area contributed by atoms with Crippen molar-refractivity contribution in [2.75, 3.05) is 83.6 Å². The van der Waals surface area contributed by atoms with Gasteiger partial charge in [-0.3, -0.25) is 14.5 Å². The maximum Gasteiger partial charge on any atom is 0.337 e. The number of benzene rings is 3. The fourth-order valence-electron chi connectivity index (χ4n) is 6.31. The molecule has 0 unspecified atom stereocenters. The quantitative estimate of drug-likeness (QED) is 0.0603. The van der Waals surface area contributed by atoms with Gasteiger partial charge in [-0.15, -0.1) is 11.3 Å². The molecule has 12 nitrogen and oxygen atoms in total. The SMILES string of the molecule is COC(=O)c1ccc(CCc2ccc(NC(=O)c3c(NC(=O)c4cccc(OCCOCCOCCN(CCO)CCO)c4)sc4c3CCCC4)cc2)cc1. The molecular formula is C42H51N3O9S. The van der Waals surface area contributed by atoms with Crippen LogP contribution in [0.4, 0.5) is 10.7 Å². The van der Waals surface area contributed by atoms with Gasteiger partial charge in [-0.1, -0.05) is 30.3 Å². The summed E-state index contributed by atoms with van der Waals surface area (Å²) in [5.41, 5.74) is 5.37. The van der Waals surface area contributed by atoms with Gasteiger partial charge in [-0.2, -0.15) is 0 Å². The second-order valence-corrected chi connectivity index (χ2v) is 14.2. The predicted octanol–water partition coefficient (Wildman–Crippen LogP) is 5.40. The number of methoxy groups -OCH3 is 1. The van der Waals surface area contributed by atoms with Gasteiger partial charge in [-0.25, -0.2) is 4.79 Å². The number of hydrogen-bond acceptors (Lipinski definition) is 11. The van der Waals surface area contributed by atoms with Gasteiger partial charge >= 0.3 is 5.97 Å². The summed E-state index contributed by atoms with van der Waals surface area (Å²) in [5, 5.41) is 24.8. The van der Waals surface area contributed by atoms with Crippen LogP contribution in [0.2, 0.25) is 0 Å². The van der Waals surface area contributed by atoms with Crippen molar-refractivity contribution in [1.82, 2.24) is 4.90 Å². The van der Waals surface area contributed by atoms with Crippen LogP contribution in [0.3, 0.4) is 0 Å². The van der Waals surface area contributed by atoms with Crippen LogP contribution in [0.1, 0.15) is 65.5 Å². The van der Waals surface area contributed by atoms with Crippen LogP contribution in [0.5, 0.6) is 5.75 Å². The summed E-state index contributed by atoms with van der Waals surface area (Å²) in [6, 6.07) is 22.1. The number of carbonyl (C=O) groups excluding carboxylic acids is 3. The summed E-state index contributed by atoms with van der Waals surface area (Å²) >= 11 is 1.47. The van der Waals surface area contributed by atoms with Gasteiger partial charge in [-0.05, 0) is 97.7 Å². The molecule has 0 atom stereocenters. The third-order valence-corrected chi connectivity index (χ3v) is 10.5. The zero-order valence-electron chi connectivity index (χ0n) is 31.3. The highest BCUT2D eigenvalue weighted by molar-refractivity contribution is 7.17. The highest BCUT2D eigenvalue weighted by Gasteiger charge is 2.27. The molecule has 1 aliphatic carbocycles. The molecule has 1 heterocycles. The fraction of sp³-hybridized carbons (Fsp3) is 0.405. The van der Waals surface area contributed by atoms with E-state index in [1.165, 1.54) is 18.4 Å². The number of ether oxygens (including phenoxy) is 4. The number of esters is 1. The van der Waals surface area contributed by atoms with Crippen molar-refractivity contribution in [3.05, 3.63) is 111 Å². The normalized spacial score (nSPS) is 12.3. The van der Waals surface area contributed by atoms with E-state index in [2.05, 4.69) is 10.6 Å². The molecule has 4 aromatic rings. The summed E-state index contributed by atoms with van der Waals surface area (Å²) < 4.78 is 21.8. The van der Waals surface area contributed by atoms with Crippen LogP contribution in [-0.2, 0) is 39.9 Å². The molecule has 13 heteroatoms. The van der Waals surface area contributed by atoms with Crippen molar-refractivity contribution in [1.29, 1.82) is 0 Å². The Hall–Kier alpha value is -4.63. The molecule has 5 rings (SSSR count). The summed E-state index contributed by atoms with van der Waals surface area (Å²) in [7, 11) is 1.37. The van der Waals surface area contributed by atoms with Gasteiger partial charge in [0, 0.05) is 35.8 Å². The molecule has 3 aromatic carbocycles. The molecule has 0 bridgehead atoms. The highest BCUT2D eigenvalue weighted by Crippen LogP contribution is 2.39. The summed E-state index contributed by atoms with van der Waals surface area (Å²) in [5.74, 6) is -0.399. The number of nitrogens with zero attached hydrogens (tertiary/aromatic N) is 1. The zero-order valence-corrected chi connectivity index (χ0v) is 32.2. The number of anilines is 2. The first kappa shape index (κ1) is 41.5. The molecule has 2 amide bonds. The lowest BCUT2D eigenvalue weighted by atomic mass is 9.95. The average molecular weight is 774 g/mol. The lowest BCUT2D eigenvalue weighted by molar-refractivity contribution is 0.0265. The van der Waals surface area contributed by atoms with Crippen LogP contribution >= 0.6 is 11.3 Å². The fourth-order valence-corrected chi connectivity index (χ4v) is 7.59. The van der Waals surface area contributed by atoms with E-state index in [9.17, 15) is 14.4 Å². The van der Waals surface area contributed by atoms with E-state index in [1.54, 1.807) is 36.4 Å². The van der Waals surface area contributed by atoms with E-state index < -0.39 is 0 Å². The predicted molar refractivity (Wildman–Crippen MR) is 213 cm³/mol. The summed E-state index contributed by atoms with van der Waals surface area (Å²) in [6.45, 7) is 3.60. The van der Waals surface area contributed by atoms with Gasteiger partial charge in [0.05, 0.1) is 57.9 Å². The Balaban J connectivity index is 1.10. The van der Waals surface area contributed by atoms with Crippen molar-refractivity contribution in [2.45, 2.75) is 38.5 Å². The Morgan fingerprint density at radius 1 is 0.727 bits per heavy atom. The first-order valence-corrected chi connectivity index (χ1v) is 19.6. The van der Waals surface area contributed by atoms with Gasteiger partial charge in [0.25, 0.3) is 11.8 Å². The van der Waals surface area contributed by atoms with Crippen molar-refractivity contribution >= 4 is 39.8 Å². The van der Waals surface area contributed by atoms with Crippen molar-refractivity contribution in [3.8, 4) is 5.75 Å². The number of rotatable bonds is 22. The lowest BCUT2D eigenvalue weighted by Gasteiger charge is -2.19. The molecule has 0 saturated heterocycles. The first-order chi connectivity index (χ1) is 26.9. The second-order valence-electron chi connectivity index (χ2n) is 13.1. The Bertz CT molecular complexity index is 1820. The van der Waals surface area contributed by atoms with Crippen LogP contribution < -0.4 is 15.4 Å². The van der Waals surface area contributed by atoms with Crippen molar-refractivity contribution < 1.29 is 43.5 Å². The number of aryl methyl sites for hydroxylation is 3. The van der Waals surface area contributed by atoms with E-state index in [4.69, 9.17) is 29.2 Å². The maximum absolute atomic E-state index is 13.8. The van der Waals surface area contributed by atoms with Crippen molar-refractivity contribution in [2.24, 2.45) is 0 Å². The van der Waals surface area contributed by atoms with Crippen LogP contribution in [0.25, 0.3) is 0 Å². The van der Waals surface area contributed by atoms with E-state index in [1.807, 2.05) is 41.3 Å². The monoisotopic (exact) mass is 773 g/mol. The maximum atomic E-state index is 13.8. The summed E-state index contributed by atoms with van der Waals surface area (Å²) in [4.78, 5) is 42.1. The van der Waals surface area contributed by atoms with E-state index in [0.29, 0.717) is 85.8 Å². The Morgan fingerprint density at radius 2 is 1.38 bits per heavy atom. The van der Waals surface area contributed by atoms with Crippen LogP contribution in [0.15, 0.2) is 72.8 Å². The molecule has 55 heavy (non-hydrogen) atoms. The smallest absolute Gasteiger partial charge is 0.337 e. The highest BCUT2D eigenvalue weighted by atomic mass is 32.1. The first-order valence-electron chi connectivity index (χ1n) is 18.7. The molecule has 0 aliphatic heterocycles. The molecule has 1 aromatic heterocycles. The second kappa shape index (κ2) is 22.1. The third kappa shape index (κ3) is 12.7. The van der Waals surface area contributed by atoms with Gasteiger partial charge < -0.3 is 39.8 Å². The lowest BCUT2D eigenvalue weighted by Crippen LogP contribution is -2.33. The summed E-state index contributed by atoms with van der Waals surface area (Å²) in [6.07, 6.45) is 5.30. The molecule has 0 fully saturated rings. The molecule has 1 aliphatic rings. The Kier molecular flexibility index (Phi) is 16.7. The zero-order chi connectivity index (χ0) is 38.8. The van der Waals surface area contributed by atoms with E-state index in [0.717, 1.165) is 60.1 Å². The van der Waals surface area contributed by atoms with Crippen molar-refractivity contribution in [3.63, 3.8) is 0 Å². The minimum absolute atomic E-state index is 0.0339. The number of aliphatic hydroxyl groups excluding tert-OH is 2. The number of nitrogens with one attached hydrogen (secondary N) is 2. The number of aliphatic hydroxyl groups is 2. The number of carbonyl (C=O) groups is 3. The number of hydrogen-bond donors (Lipinski definition) is 4. The molecule has 0 spiro atoms. The number of amides is 2. The van der Waals surface area contributed by atoms with Crippen LogP contribution in [-0.4, -0.2) is 106 Å². The van der Waals surface area contributed by atoms with E-state index in [-0.39, 0.29) is 31.0 Å². The molecule has 0 saturated carbocycles. The molecule has 294 valence electrons. The molecule has 0 radical (unpaired) electrons. The molecular weight excluding hydrogens is 723 g/mol. The molecule has 4 N–H and O–H groups in total. The van der Waals surface area contributed by atoms with Gasteiger partial charge in [0.15, 0.2) is 0 Å². The Morgan fingerprint density at radius 3 is 2.07 bits per heavy atom. The minimum atomic E-state index is -0.355. The number of fused-ring (bicyclic) bond motifs is 1. The largest absolute Gasteiger partial charge is 0.491 e.